The molecule has 0 radical (unpaired) electrons. The SMILES string of the molecule is Cc1nnnn1-c1ccccc1C(=O)NC(C)CCc1ccccc1. The Kier molecular flexibility index (Phi) is 5.18. The van der Waals surface area contributed by atoms with E-state index in [-0.39, 0.29) is 11.9 Å². The summed E-state index contributed by atoms with van der Waals surface area (Å²) in [6.07, 6.45) is 1.80. The largest absolute Gasteiger partial charge is 0.350 e. The zero-order valence-corrected chi connectivity index (χ0v) is 14.4. The molecule has 0 fully saturated rings. The Hall–Kier alpha value is -3.02. The Morgan fingerprint density at radius 3 is 2.56 bits per heavy atom. The highest BCUT2D eigenvalue weighted by molar-refractivity contribution is 5.97. The molecule has 0 aliphatic carbocycles. The lowest BCUT2D eigenvalue weighted by Crippen LogP contribution is -2.33. The van der Waals surface area contributed by atoms with E-state index in [1.54, 1.807) is 17.7 Å². The third kappa shape index (κ3) is 4.09. The summed E-state index contributed by atoms with van der Waals surface area (Å²) in [7, 11) is 0. The molecule has 2 aromatic carbocycles. The lowest BCUT2D eigenvalue weighted by atomic mass is 10.1. The molecule has 1 unspecified atom stereocenters. The molecule has 128 valence electrons. The number of aromatic nitrogens is 4. The van der Waals surface area contributed by atoms with Crippen LogP contribution in [0.3, 0.4) is 0 Å². The van der Waals surface area contributed by atoms with Gasteiger partial charge < -0.3 is 5.32 Å². The molecule has 6 nitrogen and oxygen atoms in total. The molecule has 0 aliphatic rings. The summed E-state index contributed by atoms with van der Waals surface area (Å²) in [5, 5.41) is 14.6. The summed E-state index contributed by atoms with van der Waals surface area (Å²) in [6.45, 7) is 3.82. The van der Waals surface area contributed by atoms with E-state index in [1.165, 1.54) is 5.56 Å². The highest BCUT2D eigenvalue weighted by atomic mass is 16.1. The van der Waals surface area contributed by atoms with E-state index >= 15 is 0 Å². The fraction of sp³-hybridized carbons (Fsp3) is 0.263. The molecule has 3 rings (SSSR count). The van der Waals surface area contributed by atoms with Gasteiger partial charge in [-0.2, -0.15) is 4.68 Å². The Morgan fingerprint density at radius 2 is 1.84 bits per heavy atom. The van der Waals surface area contributed by atoms with Gasteiger partial charge in [0.1, 0.15) is 0 Å². The summed E-state index contributed by atoms with van der Waals surface area (Å²) < 4.78 is 1.57. The Balaban J connectivity index is 1.68. The van der Waals surface area contributed by atoms with E-state index in [4.69, 9.17) is 0 Å². The molecule has 0 aliphatic heterocycles. The first-order valence-corrected chi connectivity index (χ1v) is 8.34. The van der Waals surface area contributed by atoms with E-state index < -0.39 is 0 Å². The van der Waals surface area contributed by atoms with Crippen molar-refractivity contribution in [3.63, 3.8) is 0 Å². The van der Waals surface area contributed by atoms with Crippen LogP contribution in [0.25, 0.3) is 5.69 Å². The summed E-state index contributed by atoms with van der Waals surface area (Å²) in [4.78, 5) is 12.7. The first-order valence-electron chi connectivity index (χ1n) is 8.34. The van der Waals surface area contributed by atoms with E-state index in [0.717, 1.165) is 12.8 Å². The molecule has 6 heteroatoms. The number of carbonyl (C=O) groups excluding carboxylic acids is 1. The number of para-hydroxylation sites is 1. The van der Waals surface area contributed by atoms with Crippen molar-refractivity contribution in [2.24, 2.45) is 0 Å². The van der Waals surface area contributed by atoms with Crippen molar-refractivity contribution in [1.29, 1.82) is 0 Å². The van der Waals surface area contributed by atoms with Gasteiger partial charge in [-0.3, -0.25) is 4.79 Å². The van der Waals surface area contributed by atoms with Crippen molar-refractivity contribution in [2.75, 3.05) is 0 Å². The van der Waals surface area contributed by atoms with Crippen LogP contribution in [-0.2, 0) is 6.42 Å². The zero-order valence-electron chi connectivity index (χ0n) is 14.4. The van der Waals surface area contributed by atoms with Crippen LogP contribution in [0, 0.1) is 6.92 Å². The van der Waals surface area contributed by atoms with Crippen molar-refractivity contribution in [1.82, 2.24) is 25.5 Å². The minimum absolute atomic E-state index is 0.0655. The van der Waals surface area contributed by atoms with Crippen molar-refractivity contribution in [2.45, 2.75) is 32.7 Å². The molecular weight excluding hydrogens is 314 g/mol. The van der Waals surface area contributed by atoms with Crippen molar-refractivity contribution in [3.05, 3.63) is 71.5 Å². The van der Waals surface area contributed by atoms with Crippen LogP contribution in [0.1, 0.15) is 35.1 Å². The monoisotopic (exact) mass is 335 g/mol. The minimum Gasteiger partial charge on any atom is -0.350 e. The standard InChI is InChI=1S/C19H21N5O/c1-14(12-13-16-8-4-3-5-9-16)20-19(25)17-10-6-7-11-18(17)24-15(2)21-22-23-24/h3-11,14H,12-13H2,1-2H3,(H,20,25). The predicted octanol–water partition coefficient (Wildman–Crippen LogP) is 2.72. The maximum Gasteiger partial charge on any atom is 0.253 e. The number of hydrogen-bond donors (Lipinski definition) is 1. The third-order valence-corrected chi connectivity index (χ3v) is 4.09. The van der Waals surface area contributed by atoms with E-state index in [1.807, 2.05) is 43.3 Å². The number of hydrogen-bond acceptors (Lipinski definition) is 4. The fourth-order valence-corrected chi connectivity index (χ4v) is 2.71. The van der Waals surface area contributed by atoms with Crippen LogP contribution in [-0.4, -0.2) is 32.2 Å². The van der Waals surface area contributed by atoms with Gasteiger partial charge >= 0.3 is 0 Å². The molecule has 1 heterocycles. The smallest absolute Gasteiger partial charge is 0.253 e. The number of carbonyl (C=O) groups is 1. The second-order valence-corrected chi connectivity index (χ2v) is 6.05. The van der Waals surface area contributed by atoms with Crippen molar-refractivity contribution >= 4 is 5.91 Å². The maximum atomic E-state index is 12.7. The highest BCUT2D eigenvalue weighted by Gasteiger charge is 2.16. The maximum absolute atomic E-state index is 12.7. The molecule has 1 aromatic heterocycles. The van der Waals surface area contributed by atoms with Crippen LogP contribution in [0.2, 0.25) is 0 Å². The predicted molar refractivity (Wildman–Crippen MR) is 95.6 cm³/mol. The van der Waals surface area contributed by atoms with E-state index in [2.05, 4.69) is 33.0 Å². The summed E-state index contributed by atoms with van der Waals surface area (Å²) >= 11 is 0. The molecule has 0 saturated heterocycles. The molecule has 0 saturated carbocycles. The quantitative estimate of drug-likeness (QED) is 0.752. The number of amides is 1. The molecule has 25 heavy (non-hydrogen) atoms. The topological polar surface area (TPSA) is 72.7 Å². The molecule has 1 amide bonds. The van der Waals surface area contributed by atoms with Gasteiger partial charge in [0.05, 0.1) is 11.3 Å². The van der Waals surface area contributed by atoms with Gasteiger partial charge in [0.2, 0.25) is 0 Å². The number of nitrogens with zero attached hydrogens (tertiary/aromatic N) is 4. The average molecular weight is 335 g/mol. The summed E-state index contributed by atoms with van der Waals surface area (Å²) in [5.41, 5.74) is 2.51. The summed E-state index contributed by atoms with van der Waals surface area (Å²) in [6, 6.07) is 17.7. The van der Waals surface area contributed by atoms with Gasteiger partial charge in [-0.05, 0) is 54.8 Å². The number of benzene rings is 2. The molecular formula is C19H21N5O. The third-order valence-electron chi connectivity index (χ3n) is 4.09. The molecule has 1 N–H and O–H groups in total. The van der Waals surface area contributed by atoms with Crippen molar-refractivity contribution in [3.8, 4) is 5.69 Å². The van der Waals surface area contributed by atoms with E-state index in [9.17, 15) is 4.79 Å². The van der Waals surface area contributed by atoms with Gasteiger partial charge in [-0.25, -0.2) is 0 Å². The summed E-state index contributed by atoms with van der Waals surface area (Å²) in [5.74, 6) is 0.517. The second kappa shape index (κ2) is 7.70. The molecule has 0 spiro atoms. The van der Waals surface area contributed by atoms with Gasteiger partial charge in [0.25, 0.3) is 5.91 Å². The molecule has 1 atom stereocenters. The van der Waals surface area contributed by atoms with Crippen LogP contribution in [0.5, 0.6) is 0 Å². The Labute approximate surface area is 146 Å². The fourth-order valence-electron chi connectivity index (χ4n) is 2.71. The Morgan fingerprint density at radius 1 is 1.12 bits per heavy atom. The average Bonchev–Trinajstić information content (AvgIpc) is 3.06. The van der Waals surface area contributed by atoms with Crippen LogP contribution >= 0.6 is 0 Å². The second-order valence-electron chi connectivity index (χ2n) is 6.05. The van der Waals surface area contributed by atoms with Crippen LogP contribution in [0.15, 0.2) is 54.6 Å². The van der Waals surface area contributed by atoms with Gasteiger partial charge in [0.15, 0.2) is 5.82 Å². The minimum atomic E-state index is -0.119. The lowest BCUT2D eigenvalue weighted by molar-refractivity contribution is 0.0938. The number of rotatable bonds is 6. The van der Waals surface area contributed by atoms with Crippen molar-refractivity contribution < 1.29 is 4.79 Å². The van der Waals surface area contributed by atoms with E-state index in [0.29, 0.717) is 17.1 Å². The lowest BCUT2D eigenvalue weighted by Gasteiger charge is -2.15. The zero-order chi connectivity index (χ0) is 17.6. The number of aryl methyl sites for hydroxylation is 2. The van der Waals surface area contributed by atoms with Crippen LogP contribution in [0.4, 0.5) is 0 Å². The first-order chi connectivity index (χ1) is 12.1. The first kappa shape index (κ1) is 16.8. The Bertz CT molecular complexity index is 844. The molecule has 0 bridgehead atoms. The van der Waals surface area contributed by atoms with Gasteiger partial charge in [-0.15, -0.1) is 5.10 Å². The number of tetrazole rings is 1. The van der Waals surface area contributed by atoms with Crippen LogP contribution < -0.4 is 5.32 Å². The molecule has 3 aromatic rings. The number of nitrogens with one attached hydrogen (secondary N) is 1. The normalized spacial score (nSPS) is 11.9. The van der Waals surface area contributed by atoms with Gasteiger partial charge in [0, 0.05) is 6.04 Å². The highest BCUT2D eigenvalue weighted by Crippen LogP contribution is 2.15. The van der Waals surface area contributed by atoms with Gasteiger partial charge in [-0.1, -0.05) is 42.5 Å².